The molecule has 0 saturated carbocycles. The second-order valence-electron chi connectivity index (χ2n) is 5.10. The molecule has 0 aliphatic carbocycles. The molecule has 0 bridgehead atoms. The quantitative estimate of drug-likeness (QED) is 0.938. The van der Waals surface area contributed by atoms with E-state index in [1.165, 1.54) is 12.1 Å². The number of hydrogen-bond donors (Lipinski definition) is 1. The number of rotatable bonds is 3. The van der Waals surface area contributed by atoms with Gasteiger partial charge in [0.2, 0.25) is 15.7 Å². The molecule has 0 saturated heterocycles. The van der Waals surface area contributed by atoms with Gasteiger partial charge in [0.05, 0.1) is 11.3 Å². The Morgan fingerprint density at radius 1 is 1.04 bits per heavy atom. The molecule has 7 heteroatoms. The molecule has 0 atom stereocenters. The van der Waals surface area contributed by atoms with Crippen LogP contribution in [0.25, 0.3) is 6.08 Å². The summed E-state index contributed by atoms with van der Waals surface area (Å²) in [5.74, 6) is -2.02. The molecule has 1 heterocycles. The smallest absolute Gasteiger partial charge is 0.228 e. The van der Waals surface area contributed by atoms with Gasteiger partial charge in [-0.1, -0.05) is 6.07 Å². The van der Waals surface area contributed by atoms with Crippen molar-refractivity contribution >= 4 is 27.5 Å². The monoisotopic (exact) mass is 335 g/mol. The van der Waals surface area contributed by atoms with Crippen molar-refractivity contribution in [3.63, 3.8) is 0 Å². The fourth-order valence-electron chi connectivity index (χ4n) is 2.34. The summed E-state index contributed by atoms with van der Waals surface area (Å²) in [5, 5.41) is 3.62. The van der Waals surface area contributed by atoms with Gasteiger partial charge in [-0.2, -0.15) is 0 Å². The summed E-state index contributed by atoms with van der Waals surface area (Å²) in [6, 6.07) is 7.36. The highest BCUT2D eigenvalue weighted by Gasteiger charge is 2.21. The predicted octanol–water partition coefficient (Wildman–Crippen LogP) is 2.90. The summed E-state index contributed by atoms with van der Waals surface area (Å²) < 4.78 is 49.7. The lowest BCUT2D eigenvalue weighted by Crippen LogP contribution is -2.15. The third kappa shape index (κ3) is 3.29. The summed E-state index contributed by atoms with van der Waals surface area (Å²) in [7, 11) is -3.47. The molecule has 3 rings (SSSR count). The Morgan fingerprint density at radius 2 is 1.74 bits per heavy atom. The standard InChI is InChI=1S/C16H11F2NO3S/c17-12-5-10(6-13(18)8-12)7-16(20)19-14-2-1-11-3-4-23(21,22)15(11)9-14/h1-6,8-9H,7H2,(H,19,20). The zero-order chi connectivity index (χ0) is 16.6. The fraction of sp³-hybridized carbons (Fsp3) is 0.0625. The second-order valence-corrected chi connectivity index (χ2v) is 6.91. The van der Waals surface area contributed by atoms with Gasteiger partial charge in [-0.05, 0) is 41.5 Å². The van der Waals surface area contributed by atoms with Crippen molar-refractivity contribution in [2.24, 2.45) is 0 Å². The number of halogens is 2. The van der Waals surface area contributed by atoms with Crippen molar-refractivity contribution in [3.8, 4) is 0 Å². The Labute approximate surface area is 131 Å². The van der Waals surface area contributed by atoms with Crippen molar-refractivity contribution in [3.05, 3.63) is 64.6 Å². The van der Waals surface area contributed by atoms with Crippen molar-refractivity contribution in [1.29, 1.82) is 0 Å². The van der Waals surface area contributed by atoms with Crippen LogP contribution in [0.5, 0.6) is 0 Å². The lowest BCUT2D eigenvalue weighted by Gasteiger charge is -2.07. The largest absolute Gasteiger partial charge is 0.326 e. The molecule has 23 heavy (non-hydrogen) atoms. The summed E-state index contributed by atoms with van der Waals surface area (Å²) in [5.41, 5.74) is 1.04. The van der Waals surface area contributed by atoms with E-state index < -0.39 is 27.4 Å². The zero-order valence-corrected chi connectivity index (χ0v) is 12.5. The van der Waals surface area contributed by atoms with Crippen LogP contribution in [-0.4, -0.2) is 14.3 Å². The second kappa shape index (κ2) is 5.58. The van der Waals surface area contributed by atoms with E-state index in [-0.39, 0.29) is 16.9 Å². The Bertz CT molecular complexity index is 916. The van der Waals surface area contributed by atoms with Gasteiger partial charge < -0.3 is 5.32 Å². The van der Waals surface area contributed by atoms with Crippen molar-refractivity contribution < 1.29 is 22.0 Å². The SMILES string of the molecule is O=C(Cc1cc(F)cc(F)c1)Nc1ccc2c(c1)S(=O)(=O)C=C2. The van der Waals surface area contributed by atoms with Gasteiger partial charge in [0.1, 0.15) is 11.6 Å². The van der Waals surface area contributed by atoms with Crippen LogP contribution in [0.3, 0.4) is 0 Å². The van der Waals surface area contributed by atoms with E-state index >= 15 is 0 Å². The van der Waals surface area contributed by atoms with Gasteiger partial charge in [0, 0.05) is 17.2 Å². The van der Waals surface area contributed by atoms with E-state index in [1.54, 1.807) is 12.1 Å². The van der Waals surface area contributed by atoms with Crippen molar-refractivity contribution in [1.82, 2.24) is 0 Å². The van der Waals surface area contributed by atoms with Crippen LogP contribution in [0.4, 0.5) is 14.5 Å². The molecular weight excluding hydrogens is 324 g/mol. The number of sulfone groups is 1. The molecule has 0 spiro atoms. The molecule has 0 unspecified atom stereocenters. The lowest BCUT2D eigenvalue weighted by atomic mass is 10.1. The highest BCUT2D eigenvalue weighted by molar-refractivity contribution is 7.94. The average Bonchev–Trinajstić information content (AvgIpc) is 2.73. The van der Waals surface area contributed by atoms with Gasteiger partial charge in [-0.25, -0.2) is 17.2 Å². The maximum absolute atomic E-state index is 13.1. The van der Waals surface area contributed by atoms with Gasteiger partial charge >= 0.3 is 0 Å². The van der Waals surface area contributed by atoms with E-state index in [1.807, 2.05) is 0 Å². The number of carbonyl (C=O) groups excluding carboxylic acids is 1. The normalized spacial score (nSPS) is 14.5. The Morgan fingerprint density at radius 3 is 2.43 bits per heavy atom. The minimum Gasteiger partial charge on any atom is -0.326 e. The first-order valence-corrected chi connectivity index (χ1v) is 8.20. The average molecular weight is 335 g/mol. The fourth-order valence-corrected chi connectivity index (χ4v) is 3.56. The molecular formula is C16H11F2NO3S. The van der Waals surface area contributed by atoms with Crippen LogP contribution in [0.2, 0.25) is 0 Å². The molecule has 4 nitrogen and oxygen atoms in total. The summed E-state index contributed by atoms with van der Waals surface area (Å²) >= 11 is 0. The Kier molecular flexibility index (Phi) is 3.73. The third-order valence-corrected chi connectivity index (χ3v) is 4.78. The number of hydrogen-bond acceptors (Lipinski definition) is 3. The maximum Gasteiger partial charge on any atom is 0.228 e. The Balaban J connectivity index is 1.77. The first-order chi connectivity index (χ1) is 10.8. The Hall–Kier alpha value is -2.54. The van der Waals surface area contributed by atoms with Crippen LogP contribution in [0, 0.1) is 11.6 Å². The van der Waals surface area contributed by atoms with E-state index in [2.05, 4.69) is 5.32 Å². The number of amides is 1. The van der Waals surface area contributed by atoms with Crippen LogP contribution in [0.1, 0.15) is 11.1 Å². The molecule has 0 aromatic heterocycles. The first-order valence-electron chi connectivity index (χ1n) is 6.65. The van der Waals surface area contributed by atoms with Crippen LogP contribution in [-0.2, 0) is 21.1 Å². The van der Waals surface area contributed by atoms with Gasteiger partial charge in [0.15, 0.2) is 0 Å². The highest BCUT2D eigenvalue weighted by atomic mass is 32.2. The van der Waals surface area contributed by atoms with Crippen molar-refractivity contribution in [2.75, 3.05) is 5.32 Å². The molecule has 0 radical (unpaired) electrons. The van der Waals surface area contributed by atoms with E-state index in [9.17, 15) is 22.0 Å². The van der Waals surface area contributed by atoms with E-state index in [0.717, 1.165) is 23.6 Å². The lowest BCUT2D eigenvalue weighted by molar-refractivity contribution is -0.115. The van der Waals surface area contributed by atoms with Crippen molar-refractivity contribution in [2.45, 2.75) is 11.3 Å². The number of anilines is 1. The van der Waals surface area contributed by atoms with E-state index in [0.29, 0.717) is 11.3 Å². The summed E-state index contributed by atoms with van der Waals surface area (Å²) in [6.07, 6.45) is 1.25. The maximum atomic E-state index is 13.1. The number of nitrogens with one attached hydrogen (secondary N) is 1. The molecule has 1 aliphatic heterocycles. The third-order valence-electron chi connectivity index (χ3n) is 3.32. The molecule has 1 aliphatic rings. The van der Waals surface area contributed by atoms with Gasteiger partial charge in [-0.15, -0.1) is 0 Å². The summed E-state index contributed by atoms with van der Waals surface area (Å²) in [6.45, 7) is 0. The minimum absolute atomic E-state index is 0.118. The molecule has 1 amide bonds. The first kappa shape index (κ1) is 15.4. The number of fused-ring (bicyclic) bond motifs is 1. The van der Waals surface area contributed by atoms with Gasteiger partial charge in [-0.3, -0.25) is 4.79 Å². The van der Waals surface area contributed by atoms with E-state index in [4.69, 9.17) is 0 Å². The highest BCUT2D eigenvalue weighted by Crippen LogP contribution is 2.29. The topological polar surface area (TPSA) is 63.2 Å². The van der Waals surface area contributed by atoms with Crippen LogP contribution in [0.15, 0.2) is 46.7 Å². The minimum atomic E-state index is -3.47. The molecule has 1 N–H and O–H groups in total. The number of benzene rings is 2. The van der Waals surface area contributed by atoms with Crippen LogP contribution >= 0.6 is 0 Å². The number of carbonyl (C=O) groups is 1. The molecule has 0 fully saturated rings. The predicted molar refractivity (Wildman–Crippen MR) is 81.4 cm³/mol. The van der Waals surface area contributed by atoms with Gasteiger partial charge in [0.25, 0.3) is 0 Å². The molecule has 2 aromatic rings. The van der Waals surface area contributed by atoms with Crippen LogP contribution < -0.4 is 5.32 Å². The zero-order valence-electron chi connectivity index (χ0n) is 11.7. The molecule has 2 aromatic carbocycles. The summed E-state index contributed by atoms with van der Waals surface area (Å²) in [4.78, 5) is 12.1. The molecule has 118 valence electrons.